The molecule has 8 heteroatoms. The van der Waals surface area contributed by atoms with Crippen molar-refractivity contribution in [1.82, 2.24) is 4.90 Å². The second-order valence-electron chi connectivity index (χ2n) is 5.32. The van der Waals surface area contributed by atoms with Crippen molar-refractivity contribution in [1.29, 1.82) is 0 Å². The Morgan fingerprint density at radius 1 is 1.28 bits per heavy atom. The molecule has 128 valence electrons. The lowest BCUT2D eigenvalue weighted by molar-refractivity contribution is -0.402. The molecule has 0 radical (unpaired) electrons. The quantitative estimate of drug-likeness (QED) is 0.466. The van der Waals surface area contributed by atoms with Gasteiger partial charge in [-0.2, -0.15) is 0 Å². The minimum Gasteiger partial charge on any atom is -0.401 e. The van der Waals surface area contributed by atoms with Crippen LogP contribution >= 0.6 is 11.8 Å². The molecule has 1 aliphatic rings. The van der Waals surface area contributed by atoms with Crippen LogP contribution in [0.15, 0.2) is 50.7 Å². The minimum absolute atomic E-state index is 0.197. The molecule has 0 spiro atoms. The molecule has 1 amide bonds. The summed E-state index contributed by atoms with van der Waals surface area (Å²) in [4.78, 5) is 29.1. The molecular weight excluding hydrogens is 342 g/mol. The molecule has 1 aromatic heterocycles. The summed E-state index contributed by atoms with van der Waals surface area (Å²) in [5, 5.41) is 11.3. The smallest absolute Gasteiger partial charge is 0.401 e. The second kappa shape index (κ2) is 6.94. The summed E-state index contributed by atoms with van der Waals surface area (Å²) < 4.78 is 5.09. The lowest BCUT2D eigenvalue weighted by Crippen LogP contribution is -2.28. The molecule has 0 unspecified atom stereocenters. The molecule has 0 atom stereocenters. The van der Waals surface area contributed by atoms with E-state index in [0.717, 1.165) is 11.3 Å². The third kappa shape index (κ3) is 3.63. The van der Waals surface area contributed by atoms with E-state index in [1.54, 1.807) is 4.90 Å². The third-order valence-corrected chi connectivity index (χ3v) is 4.54. The summed E-state index contributed by atoms with van der Waals surface area (Å²) in [5.41, 5.74) is 1.89. The van der Waals surface area contributed by atoms with Gasteiger partial charge in [-0.1, -0.05) is 17.7 Å². The van der Waals surface area contributed by atoms with E-state index in [4.69, 9.17) is 4.42 Å². The average molecular weight is 357 g/mol. The summed E-state index contributed by atoms with van der Waals surface area (Å²) >= 11 is 1.22. The average Bonchev–Trinajstić information content (AvgIpc) is 3.16. The van der Waals surface area contributed by atoms with E-state index in [2.05, 4.69) is 4.99 Å². The van der Waals surface area contributed by atoms with Crippen molar-refractivity contribution in [2.24, 2.45) is 4.99 Å². The molecule has 1 aliphatic heterocycles. The number of nitro groups is 1. The number of hydrogen-bond acceptors (Lipinski definition) is 6. The summed E-state index contributed by atoms with van der Waals surface area (Å²) in [5.74, 6) is -0.296. The molecule has 3 rings (SSSR count). The number of aliphatic imine (C=N–C) groups is 1. The van der Waals surface area contributed by atoms with Crippen LogP contribution in [0.1, 0.15) is 18.2 Å². The SMILES string of the molecule is CCN1C(=O)/C(=C\c2ccc([N+](=O)[O-])o2)SC1=Nc1ccc(C)cc1. The van der Waals surface area contributed by atoms with Gasteiger partial charge in [-0.25, -0.2) is 4.99 Å². The van der Waals surface area contributed by atoms with Crippen molar-refractivity contribution >= 4 is 40.5 Å². The van der Waals surface area contributed by atoms with Crippen LogP contribution in [0.2, 0.25) is 0 Å². The number of likely N-dealkylation sites (N-methyl/N-ethyl adjacent to an activating group) is 1. The van der Waals surface area contributed by atoms with E-state index < -0.39 is 4.92 Å². The minimum atomic E-state index is -0.617. The lowest BCUT2D eigenvalue weighted by Gasteiger charge is -2.11. The van der Waals surface area contributed by atoms with E-state index in [1.165, 1.54) is 30.0 Å². The molecule has 0 bridgehead atoms. The molecule has 0 aliphatic carbocycles. The van der Waals surface area contributed by atoms with Crippen LogP contribution in [-0.4, -0.2) is 27.4 Å². The maximum Gasteiger partial charge on any atom is 0.433 e. The maximum atomic E-state index is 12.5. The highest BCUT2D eigenvalue weighted by molar-refractivity contribution is 8.18. The van der Waals surface area contributed by atoms with Crippen molar-refractivity contribution in [3.63, 3.8) is 0 Å². The fraction of sp³-hybridized carbons (Fsp3) is 0.176. The topological polar surface area (TPSA) is 89.0 Å². The van der Waals surface area contributed by atoms with Crippen LogP contribution in [0.4, 0.5) is 11.6 Å². The van der Waals surface area contributed by atoms with Gasteiger partial charge >= 0.3 is 5.88 Å². The van der Waals surface area contributed by atoms with Crippen LogP contribution in [0, 0.1) is 17.0 Å². The fourth-order valence-corrected chi connectivity index (χ4v) is 3.29. The van der Waals surface area contributed by atoms with Gasteiger partial charge in [0.25, 0.3) is 5.91 Å². The number of carbonyl (C=O) groups excluding carboxylic acids is 1. The fourth-order valence-electron chi connectivity index (χ4n) is 2.25. The van der Waals surface area contributed by atoms with Gasteiger partial charge in [-0.05, 0) is 43.8 Å². The Hall–Kier alpha value is -2.87. The molecule has 7 nitrogen and oxygen atoms in total. The van der Waals surface area contributed by atoms with E-state index in [0.29, 0.717) is 16.6 Å². The van der Waals surface area contributed by atoms with E-state index in [-0.39, 0.29) is 17.6 Å². The van der Waals surface area contributed by atoms with Crippen LogP contribution in [0.5, 0.6) is 0 Å². The number of rotatable bonds is 4. The first kappa shape index (κ1) is 17.0. The first-order valence-corrected chi connectivity index (χ1v) is 8.40. The summed E-state index contributed by atoms with van der Waals surface area (Å²) in [6.07, 6.45) is 1.50. The normalized spacial score (nSPS) is 17.7. The van der Waals surface area contributed by atoms with Crippen LogP contribution in [0.25, 0.3) is 6.08 Å². The lowest BCUT2D eigenvalue weighted by atomic mass is 10.2. The molecule has 1 aromatic carbocycles. The van der Waals surface area contributed by atoms with E-state index >= 15 is 0 Å². The Morgan fingerprint density at radius 2 is 2.00 bits per heavy atom. The van der Waals surface area contributed by atoms with Crippen molar-refractivity contribution in [2.75, 3.05) is 6.54 Å². The number of amidine groups is 1. The van der Waals surface area contributed by atoms with E-state index in [1.807, 2.05) is 38.1 Å². The van der Waals surface area contributed by atoms with Gasteiger partial charge < -0.3 is 4.42 Å². The maximum absolute atomic E-state index is 12.5. The number of thioether (sulfide) groups is 1. The molecular formula is C17H15N3O4S. The first-order valence-electron chi connectivity index (χ1n) is 7.59. The van der Waals surface area contributed by atoms with Crippen LogP contribution in [-0.2, 0) is 4.79 Å². The predicted molar refractivity (Wildman–Crippen MR) is 96.6 cm³/mol. The zero-order chi connectivity index (χ0) is 18.0. The summed E-state index contributed by atoms with van der Waals surface area (Å²) in [6.45, 7) is 4.34. The number of furan rings is 1. The van der Waals surface area contributed by atoms with Crippen LogP contribution in [0.3, 0.4) is 0 Å². The van der Waals surface area contributed by atoms with Gasteiger partial charge in [0.2, 0.25) is 0 Å². The molecule has 2 aromatic rings. The monoisotopic (exact) mass is 357 g/mol. The molecule has 1 fully saturated rings. The number of hydrogen-bond donors (Lipinski definition) is 0. The van der Waals surface area contributed by atoms with Crippen molar-refractivity contribution < 1.29 is 14.1 Å². The van der Waals surface area contributed by atoms with Gasteiger partial charge in [-0.15, -0.1) is 0 Å². The Kier molecular flexibility index (Phi) is 4.71. The second-order valence-corrected chi connectivity index (χ2v) is 6.33. The van der Waals surface area contributed by atoms with Gasteiger partial charge in [0.1, 0.15) is 10.7 Å². The van der Waals surface area contributed by atoms with Gasteiger partial charge in [0.05, 0.1) is 16.7 Å². The van der Waals surface area contributed by atoms with Crippen LogP contribution < -0.4 is 0 Å². The highest BCUT2D eigenvalue weighted by Crippen LogP contribution is 2.34. The standard InChI is InChI=1S/C17H15N3O4S/c1-3-19-16(21)14(10-13-8-9-15(24-13)20(22)23)25-17(19)18-12-6-4-11(2)5-7-12/h4-10H,3H2,1-2H3/b14-10+,18-17?. The third-order valence-electron chi connectivity index (χ3n) is 3.53. The van der Waals surface area contributed by atoms with Crippen molar-refractivity contribution in [2.45, 2.75) is 13.8 Å². The number of aryl methyl sites for hydroxylation is 1. The summed E-state index contributed by atoms with van der Waals surface area (Å²) in [6, 6.07) is 10.4. The first-order chi connectivity index (χ1) is 12.0. The van der Waals surface area contributed by atoms with Gasteiger partial charge in [0.15, 0.2) is 5.17 Å². The summed E-state index contributed by atoms with van der Waals surface area (Å²) in [7, 11) is 0. The molecule has 25 heavy (non-hydrogen) atoms. The zero-order valence-electron chi connectivity index (χ0n) is 13.6. The highest BCUT2D eigenvalue weighted by atomic mass is 32.2. The van der Waals surface area contributed by atoms with Crippen molar-refractivity contribution in [3.05, 3.63) is 62.7 Å². The largest absolute Gasteiger partial charge is 0.433 e. The number of amides is 1. The molecule has 0 saturated carbocycles. The zero-order valence-corrected chi connectivity index (χ0v) is 14.4. The number of nitrogens with zero attached hydrogens (tertiary/aromatic N) is 3. The number of carbonyl (C=O) groups is 1. The number of benzene rings is 1. The van der Waals surface area contributed by atoms with Crippen molar-refractivity contribution in [3.8, 4) is 0 Å². The molecule has 1 saturated heterocycles. The highest BCUT2D eigenvalue weighted by Gasteiger charge is 2.32. The Morgan fingerprint density at radius 3 is 2.60 bits per heavy atom. The Labute approximate surface area is 148 Å². The van der Waals surface area contributed by atoms with Gasteiger partial charge in [0, 0.05) is 12.6 Å². The Bertz CT molecular complexity index is 884. The molecule has 2 heterocycles. The molecule has 0 N–H and O–H groups in total. The van der Waals surface area contributed by atoms with Gasteiger partial charge in [-0.3, -0.25) is 19.8 Å². The van der Waals surface area contributed by atoms with E-state index in [9.17, 15) is 14.9 Å². The predicted octanol–water partition coefficient (Wildman–Crippen LogP) is 4.12. The Balaban J connectivity index is 1.90.